The number of rotatable bonds is 4. The molecule has 0 aliphatic heterocycles. The fourth-order valence-corrected chi connectivity index (χ4v) is 2.27. The van der Waals surface area contributed by atoms with Crippen molar-refractivity contribution >= 4 is 45.2 Å². The first-order valence-corrected chi connectivity index (χ1v) is 7.59. The third-order valence-corrected chi connectivity index (χ3v) is 3.92. The quantitative estimate of drug-likeness (QED) is 0.691. The normalized spacial score (nSPS) is 10.5. The van der Waals surface area contributed by atoms with E-state index in [1.807, 2.05) is 0 Å². The SMILES string of the molecule is Ic1ccc(CNCc2ccc(I)cc2)cc1. The van der Waals surface area contributed by atoms with Crippen LogP contribution >= 0.6 is 45.2 Å². The molecular weight excluding hydrogens is 436 g/mol. The molecule has 0 bridgehead atoms. The van der Waals surface area contributed by atoms with Crippen molar-refractivity contribution in [1.29, 1.82) is 0 Å². The summed E-state index contributed by atoms with van der Waals surface area (Å²) in [6, 6.07) is 17.2. The Labute approximate surface area is 129 Å². The molecule has 0 aromatic heterocycles. The van der Waals surface area contributed by atoms with Crippen LogP contribution in [-0.2, 0) is 13.1 Å². The number of hydrogen-bond acceptors (Lipinski definition) is 1. The molecule has 3 heteroatoms. The first-order valence-electron chi connectivity index (χ1n) is 5.43. The summed E-state index contributed by atoms with van der Waals surface area (Å²) in [5, 5.41) is 3.45. The van der Waals surface area contributed by atoms with Crippen molar-refractivity contribution in [3.63, 3.8) is 0 Å². The largest absolute Gasteiger partial charge is 0.309 e. The molecule has 17 heavy (non-hydrogen) atoms. The number of hydrogen-bond donors (Lipinski definition) is 1. The van der Waals surface area contributed by atoms with Crippen molar-refractivity contribution in [1.82, 2.24) is 5.32 Å². The lowest BCUT2D eigenvalue weighted by Gasteiger charge is -2.05. The molecule has 0 heterocycles. The Kier molecular flexibility index (Phi) is 5.24. The summed E-state index contributed by atoms with van der Waals surface area (Å²) in [6.45, 7) is 1.84. The highest BCUT2D eigenvalue weighted by molar-refractivity contribution is 14.1. The highest BCUT2D eigenvalue weighted by atomic mass is 127. The molecule has 2 aromatic rings. The van der Waals surface area contributed by atoms with Crippen LogP contribution in [0.15, 0.2) is 48.5 Å². The van der Waals surface area contributed by atoms with Crippen LogP contribution in [-0.4, -0.2) is 0 Å². The molecule has 0 saturated carbocycles. The summed E-state index contributed by atoms with van der Waals surface area (Å²) >= 11 is 4.65. The molecule has 88 valence electrons. The van der Waals surface area contributed by atoms with Gasteiger partial charge >= 0.3 is 0 Å². The zero-order chi connectivity index (χ0) is 12.1. The molecule has 0 fully saturated rings. The van der Waals surface area contributed by atoms with Gasteiger partial charge in [-0.3, -0.25) is 0 Å². The lowest BCUT2D eigenvalue weighted by molar-refractivity contribution is 0.693. The van der Waals surface area contributed by atoms with Crippen LogP contribution in [0.2, 0.25) is 0 Å². The summed E-state index contributed by atoms with van der Waals surface area (Å²) < 4.78 is 2.56. The minimum absolute atomic E-state index is 0.920. The Hall–Kier alpha value is -0.140. The second-order valence-corrected chi connectivity index (χ2v) is 6.35. The fraction of sp³-hybridized carbons (Fsp3) is 0.143. The molecule has 2 aromatic carbocycles. The Bertz CT molecular complexity index is 417. The molecule has 0 atom stereocenters. The summed E-state index contributed by atoms with van der Waals surface area (Å²) in [4.78, 5) is 0. The van der Waals surface area contributed by atoms with E-state index in [-0.39, 0.29) is 0 Å². The van der Waals surface area contributed by atoms with E-state index in [1.54, 1.807) is 0 Å². The van der Waals surface area contributed by atoms with Gasteiger partial charge in [-0.15, -0.1) is 0 Å². The maximum absolute atomic E-state index is 3.45. The average molecular weight is 449 g/mol. The second-order valence-electron chi connectivity index (χ2n) is 3.86. The smallest absolute Gasteiger partial charge is 0.0208 e. The van der Waals surface area contributed by atoms with Crippen LogP contribution in [0.25, 0.3) is 0 Å². The van der Waals surface area contributed by atoms with Crippen molar-refractivity contribution in [2.75, 3.05) is 0 Å². The van der Waals surface area contributed by atoms with Gasteiger partial charge in [-0.05, 0) is 80.6 Å². The Balaban J connectivity index is 1.83. The molecule has 0 unspecified atom stereocenters. The molecule has 0 spiro atoms. The van der Waals surface area contributed by atoms with Crippen LogP contribution in [0.1, 0.15) is 11.1 Å². The van der Waals surface area contributed by atoms with E-state index >= 15 is 0 Å². The Morgan fingerprint density at radius 2 is 1.00 bits per heavy atom. The molecule has 0 saturated heterocycles. The maximum Gasteiger partial charge on any atom is 0.0208 e. The summed E-state index contributed by atoms with van der Waals surface area (Å²) in [5.74, 6) is 0. The predicted octanol–water partition coefficient (Wildman–Crippen LogP) is 4.19. The average Bonchev–Trinajstić information content (AvgIpc) is 2.34. The van der Waals surface area contributed by atoms with Gasteiger partial charge < -0.3 is 5.32 Å². The van der Waals surface area contributed by atoms with Gasteiger partial charge in [-0.2, -0.15) is 0 Å². The van der Waals surface area contributed by atoms with Gasteiger partial charge in [-0.25, -0.2) is 0 Å². The Morgan fingerprint density at radius 1 is 0.647 bits per heavy atom. The maximum atomic E-state index is 3.45. The zero-order valence-electron chi connectivity index (χ0n) is 9.29. The van der Waals surface area contributed by atoms with Crippen molar-refractivity contribution in [2.45, 2.75) is 13.1 Å². The van der Waals surface area contributed by atoms with Gasteiger partial charge in [-0.1, -0.05) is 24.3 Å². The van der Waals surface area contributed by atoms with Gasteiger partial charge in [0, 0.05) is 20.2 Å². The molecule has 0 aliphatic rings. The molecule has 0 radical (unpaired) electrons. The van der Waals surface area contributed by atoms with Gasteiger partial charge in [0.1, 0.15) is 0 Å². The first kappa shape index (κ1) is 13.3. The van der Waals surface area contributed by atoms with Crippen LogP contribution in [0.4, 0.5) is 0 Å². The van der Waals surface area contributed by atoms with Crippen LogP contribution in [0, 0.1) is 7.14 Å². The standard InChI is InChI=1S/C14H13I2N/c15-13-5-1-11(2-6-13)9-17-10-12-3-7-14(16)8-4-12/h1-8,17H,9-10H2. The van der Waals surface area contributed by atoms with Gasteiger partial charge in [0.05, 0.1) is 0 Å². The Morgan fingerprint density at radius 3 is 1.35 bits per heavy atom. The number of benzene rings is 2. The van der Waals surface area contributed by atoms with E-state index in [9.17, 15) is 0 Å². The van der Waals surface area contributed by atoms with E-state index in [0.717, 1.165) is 13.1 Å². The molecular formula is C14H13I2N. The lowest BCUT2D eigenvalue weighted by Crippen LogP contribution is -2.12. The van der Waals surface area contributed by atoms with Gasteiger partial charge in [0.25, 0.3) is 0 Å². The van der Waals surface area contributed by atoms with Crippen molar-refractivity contribution < 1.29 is 0 Å². The van der Waals surface area contributed by atoms with Crippen LogP contribution in [0.3, 0.4) is 0 Å². The van der Waals surface area contributed by atoms with E-state index < -0.39 is 0 Å². The van der Waals surface area contributed by atoms with Gasteiger partial charge in [0.15, 0.2) is 0 Å². The van der Waals surface area contributed by atoms with Crippen molar-refractivity contribution in [3.8, 4) is 0 Å². The van der Waals surface area contributed by atoms with E-state index in [4.69, 9.17) is 0 Å². The molecule has 1 nitrogen and oxygen atoms in total. The van der Waals surface area contributed by atoms with E-state index in [1.165, 1.54) is 18.3 Å². The zero-order valence-corrected chi connectivity index (χ0v) is 13.6. The minimum Gasteiger partial charge on any atom is -0.309 e. The molecule has 0 aliphatic carbocycles. The topological polar surface area (TPSA) is 12.0 Å². The molecule has 0 amide bonds. The first-order chi connectivity index (χ1) is 8.24. The summed E-state index contributed by atoms with van der Waals surface area (Å²) in [6.07, 6.45) is 0. The van der Waals surface area contributed by atoms with E-state index in [0.29, 0.717) is 0 Å². The highest BCUT2D eigenvalue weighted by Crippen LogP contribution is 2.08. The number of nitrogens with one attached hydrogen (secondary N) is 1. The highest BCUT2D eigenvalue weighted by Gasteiger charge is 1.95. The summed E-state index contributed by atoms with van der Waals surface area (Å²) in [7, 11) is 0. The van der Waals surface area contributed by atoms with Crippen molar-refractivity contribution in [3.05, 3.63) is 66.8 Å². The van der Waals surface area contributed by atoms with Crippen LogP contribution in [0.5, 0.6) is 0 Å². The lowest BCUT2D eigenvalue weighted by atomic mass is 10.2. The number of halogens is 2. The second kappa shape index (κ2) is 6.70. The van der Waals surface area contributed by atoms with Crippen molar-refractivity contribution in [2.24, 2.45) is 0 Å². The van der Waals surface area contributed by atoms with E-state index in [2.05, 4.69) is 99.0 Å². The van der Waals surface area contributed by atoms with Gasteiger partial charge in [0.2, 0.25) is 0 Å². The molecule has 1 N–H and O–H groups in total. The minimum atomic E-state index is 0.920. The third-order valence-electron chi connectivity index (χ3n) is 2.48. The monoisotopic (exact) mass is 449 g/mol. The fourth-order valence-electron chi connectivity index (χ4n) is 1.56. The predicted molar refractivity (Wildman–Crippen MR) is 88.9 cm³/mol. The molecule has 2 rings (SSSR count). The summed E-state index contributed by atoms with van der Waals surface area (Å²) in [5.41, 5.74) is 2.66. The third kappa shape index (κ3) is 4.56. The van der Waals surface area contributed by atoms with Crippen LogP contribution < -0.4 is 5.32 Å².